The molecule has 3 aromatic heterocycles. The maximum absolute atomic E-state index is 11.8. The first-order chi connectivity index (χ1) is 31.2. The molecule has 0 unspecified atom stereocenters. The van der Waals surface area contributed by atoms with E-state index in [1.807, 2.05) is 66.3 Å². The molecule has 6 aromatic rings. The van der Waals surface area contributed by atoms with Gasteiger partial charge in [-0.25, -0.2) is 9.59 Å². The molecular formula is C45H58N8O11. The van der Waals surface area contributed by atoms with Gasteiger partial charge in [0, 0.05) is 25.6 Å². The van der Waals surface area contributed by atoms with Crippen molar-refractivity contribution >= 4 is 22.9 Å². The van der Waals surface area contributed by atoms with Crippen LogP contribution in [0.1, 0.15) is 55.2 Å². The quantitative estimate of drug-likeness (QED) is 0.0562. The molecule has 0 aliphatic heterocycles. The molecule has 0 atom stereocenters. The Bertz CT molecular complexity index is 2370. The summed E-state index contributed by atoms with van der Waals surface area (Å²) >= 11 is 0. The SMILES string of the molecule is CCOc1nc2cccc(C(=O)O)c2n1Cc1ccc(-c2ccccc2-c2noc(=O)[nH]2)cc1.CNC(=O)CCOCCOCCOCCOCCOCc1cn(CCC(C)C)nn1. The van der Waals surface area contributed by atoms with Crippen molar-refractivity contribution in [3.8, 4) is 28.5 Å². The molecule has 3 aromatic carbocycles. The molecule has 3 heterocycles. The monoisotopic (exact) mass is 886 g/mol. The topological polar surface area (TPSA) is 229 Å². The lowest BCUT2D eigenvalue weighted by atomic mass is 9.98. The van der Waals surface area contributed by atoms with E-state index in [0.29, 0.717) is 114 Å². The van der Waals surface area contributed by atoms with Crippen LogP contribution in [0.15, 0.2) is 82.2 Å². The van der Waals surface area contributed by atoms with E-state index in [-0.39, 0.29) is 11.5 Å². The Balaban J connectivity index is 0.000000244. The number of carbonyl (C=O) groups excluding carboxylic acids is 1. The molecule has 0 radical (unpaired) electrons. The Morgan fingerprint density at radius 3 is 2.11 bits per heavy atom. The number of ether oxygens (including phenoxy) is 6. The first-order valence-electron chi connectivity index (χ1n) is 21.2. The smallest absolute Gasteiger partial charge is 0.439 e. The first-order valence-corrected chi connectivity index (χ1v) is 21.2. The molecule has 0 fully saturated rings. The largest absolute Gasteiger partial charge is 0.478 e. The van der Waals surface area contributed by atoms with Gasteiger partial charge in [-0.15, -0.1) is 5.10 Å². The van der Waals surface area contributed by atoms with Gasteiger partial charge in [0.2, 0.25) is 5.91 Å². The number of nitrogens with zero attached hydrogens (tertiary/aromatic N) is 6. The van der Waals surface area contributed by atoms with Crippen LogP contribution in [0.25, 0.3) is 33.5 Å². The summed E-state index contributed by atoms with van der Waals surface area (Å²) in [6.45, 7) is 12.7. The molecule has 0 spiro atoms. The summed E-state index contributed by atoms with van der Waals surface area (Å²) in [7, 11) is 1.61. The predicted molar refractivity (Wildman–Crippen MR) is 236 cm³/mol. The average Bonchev–Trinajstić information content (AvgIpc) is 4.04. The molecule has 0 aliphatic carbocycles. The van der Waals surface area contributed by atoms with Crippen molar-refractivity contribution in [3.05, 3.63) is 100 Å². The zero-order valence-electron chi connectivity index (χ0n) is 36.8. The zero-order chi connectivity index (χ0) is 45.5. The van der Waals surface area contributed by atoms with Gasteiger partial charge < -0.3 is 38.8 Å². The van der Waals surface area contributed by atoms with Crippen LogP contribution in [0.5, 0.6) is 6.01 Å². The normalized spacial score (nSPS) is 11.2. The highest BCUT2D eigenvalue weighted by Gasteiger charge is 2.19. The van der Waals surface area contributed by atoms with Crippen molar-refractivity contribution in [2.24, 2.45) is 5.92 Å². The minimum atomic E-state index is -1.02. The number of para-hydroxylation sites is 1. The van der Waals surface area contributed by atoms with E-state index >= 15 is 0 Å². The molecule has 344 valence electrons. The molecular weight excluding hydrogens is 829 g/mol. The number of carboxylic acids is 1. The van der Waals surface area contributed by atoms with Gasteiger partial charge >= 0.3 is 11.7 Å². The number of aromatic amines is 1. The van der Waals surface area contributed by atoms with Crippen molar-refractivity contribution < 1.29 is 47.6 Å². The van der Waals surface area contributed by atoms with Gasteiger partial charge in [-0.05, 0) is 48.1 Å². The van der Waals surface area contributed by atoms with Crippen LogP contribution in [0.4, 0.5) is 0 Å². The molecule has 1 amide bonds. The summed E-state index contributed by atoms with van der Waals surface area (Å²) < 4.78 is 41.1. The summed E-state index contributed by atoms with van der Waals surface area (Å²) in [5.41, 5.74) is 5.58. The molecule has 0 bridgehead atoms. The van der Waals surface area contributed by atoms with E-state index in [9.17, 15) is 19.5 Å². The summed E-state index contributed by atoms with van der Waals surface area (Å²) in [5, 5.41) is 24.2. The fourth-order valence-electron chi connectivity index (χ4n) is 6.23. The third-order valence-electron chi connectivity index (χ3n) is 9.48. The predicted octanol–water partition coefficient (Wildman–Crippen LogP) is 5.24. The molecule has 0 saturated carbocycles. The van der Waals surface area contributed by atoms with Crippen LogP contribution >= 0.6 is 0 Å². The highest BCUT2D eigenvalue weighted by Crippen LogP contribution is 2.31. The van der Waals surface area contributed by atoms with E-state index < -0.39 is 11.7 Å². The second kappa shape index (κ2) is 26.4. The van der Waals surface area contributed by atoms with Gasteiger partial charge in [-0.2, -0.15) is 4.98 Å². The van der Waals surface area contributed by atoms with Crippen molar-refractivity contribution in [2.75, 3.05) is 73.1 Å². The Morgan fingerprint density at radius 1 is 0.844 bits per heavy atom. The van der Waals surface area contributed by atoms with Crippen molar-refractivity contribution in [2.45, 2.75) is 53.3 Å². The number of benzene rings is 3. The van der Waals surface area contributed by atoms with Gasteiger partial charge in [0.15, 0.2) is 5.82 Å². The Morgan fingerprint density at radius 2 is 1.50 bits per heavy atom. The number of H-pyrrole nitrogens is 1. The molecule has 0 saturated heterocycles. The number of aryl methyl sites for hydroxylation is 1. The van der Waals surface area contributed by atoms with Crippen LogP contribution in [0.3, 0.4) is 0 Å². The van der Waals surface area contributed by atoms with Crippen molar-refractivity contribution in [1.29, 1.82) is 0 Å². The number of fused-ring (bicyclic) bond motifs is 1. The lowest BCUT2D eigenvalue weighted by molar-refractivity contribution is -0.121. The lowest BCUT2D eigenvalue weighted by Crippen LogP contribution is -2.20. The summed E-state index contributed by atoms with van der Waals surface area (Å²) in [4.78, 5) is 41.3. The van der Waals surface area contributed by atoms with Gasteiger partial charge in [-0.1, -0.05) is 78.8 Å². The van der Waals surface area contributed by atoms with E-state index in [4.69, 9.17) is 28.4 Å². The van der Waals surface area contributed by atoms with Gasteiger partial charge in [0.05, 0.1) is 102 Å². The van der Waals surface area contributed by atoms with E-state index in [1.54, 1.807) is 29.8 Å². The minimum absolute atomic E-state index is 0.0281. The second-order valence-corrected chi connectivity index (χ2v) is 14.7. The second-order valence-electron chi connectivity index (χ2n) is 14.7. The van der Waals surface area contributed by atoms with Crippen molar-refractivity contribution in [1.82, 2.24) is 40.0 Å². The number of hydrogen-bond acceptors (Lipinski definition) is 14. The number of rotatable bonds is 27. The molecule has 64 heavy (non-hydrogen) atoms. The Hall–Kier alpha value is -6.25. The van der Waals surface area contributed by atoms with Crippen LogP contribution in [0, 0.1) is 5.92 Å². The maximum Gasteiger partial charge on any atom is 0.439 e. The fourth-order valence-corrected chi connectivity index (χ4v) is 6.23. The number of imidazole rings is 1. The van der Waals surface area contributed by atoms with Crippen LogP contribution in [-0.2, 0) is 48.2 Å². The molecule has 3 N–H and O–H groups in total. The minimum Gasteiger partial charge on any atom is -0.478 e. The summed E-state index contributed by atoms with van der Waals surface area (Å²) in [6, 6.07) is 20.8. The number of carbonyl (C=O) groups is 2. The number of aromatic carboxylic acids is 1. The Kier molecular flexibility index (Phi) is 20.1. The highest BCUT2D eigenvalue weighted by molar-refractivity contribution is 6.01. The summed E-state index contributed by atoms with van der Waals surface area (Å²) in [6.07, 6.45) is 3.38. The molecule has 19 nitrogen and oxygen atoms in total. The Labute approximate surface area is 371 Å². The van der Waals surface area contributed by atoms with Crippen LogP contribution in [0.2, 0.25) is 0 Å². The molecule has 19 heteroatoms. The number of carboxylic acid groups (broad SMARTS) is 1. The third-order valence-corrected chi connectivity index (χ3v) is 9.48. The van der Waals surface area contributed by atoms with E-state index in [0.717, 1.165) is 40.9 Å². The fraction of sp³-hybridized carbons (Fsp3) is 0.444. The third kappa shape index (κ3) is 15.5. The van der Waals surface area contributed by atoms with Gasteiger partial charge in [0.1, 0.15) is 5.69 Å². The number of amides is 1. The molecule has 0 aliphatic rings. The van der Waals surface area contributed by atoms with Crippen molar-refractivity contribution in [3.63, 3.8) is 0 Å². The standard InChI is InChI=1S/C25H20N4O5.C20H38N4O6/c1-2-33-24-26-20-9-5-8-19(23(30)31)21(20)29(24)14-15-10-12-16(13-11-15)17-6-3-4-7-18(17)22-27-25(32)34-28-22;1-18(2)4-6-24-16-19(22-23-24)17-30-15-14-29-13-12-28-11-10-27-9-8-26-7-5-20(25)21-3/h3-13H,2,14H2,1H3,(H,30,31)(H,27,28,32);16,18H,4-15,17H2,1-3H3,(H,21,25). The average molecular weight is 887 g/mol. The maximum atomic E-state index is 11.8. The first kappa shape index (κ1) is 48.8. The van der Waals surface area contributed by atoms with E-state index in [2.05, 4.69) is 49.1 Å². The van der Waals surface area contributed by atoms with E-state index in [1.165, 1.54) is 0 Å². The van der Waals surface area contributed by atoms with Crippen LogP contribution in [-0.4, -0.2) is 125 Å². The van der Waals surface area contributed by atoms with Gasteiger partial charge in [0.25, 0.3) is 6.01 Å². The van der Waals surface area contributed by atoms with Crippen LogP contribution < -0.4 is 15.8 Å². The van der Waals surface area contributed by atoms with Gasteiger partial charge in [-0.3, -0.25) is 23.6 Å². The highest BCUT2D eigenvalue weighted by atomic mass is 16.6. The lowest BCUT2D eigenvalue weighted by Gasteiger charge is -2.12. The number of hydrogen-bond donors (Lipinski definition) is 3. The zero-order valence-corrected chi connectivity index (χ0v) is 36.8. The molecule has 6 rings (SSSR count). The number of nitrogens with one attached hydrogen (secondary N) is 2. The summed E-state index contributed by atoms with van der Waals surface area (Å²) in [5.74, 6) is -0.655. The number of aromatic nitrogens is 7.